The fourth-order valence-corrected chi connectivity index (χ4v) is 4.01. The van der Waals surface area contributed by atoms with Gasteiger partial charge in [-0.2, -0.15) is 0 Å². The van der Waals surface area contributed by atoms with Crippen molar-refractivity contribution in [3.05, 3.63) is 34.7 Å². The van der Waals surface area contributed by atoms with E-state index in [9.17, 15) is 18.0 Å². The van der Waals surface area contributed by atoms with E-state index < -0.39 is 21.2 Å². The van der Waals surface area contributed by atoms with Crippen molar-refractivity contribution < 1.29 is 18.0 Å². The number of carbonyl (C=O) groups is 2. The number of amides is 2. The van der Waals surface area contributed by atoms with Gasteiger partial charge in [-0.15, -0.1) is 0 Å². The highest BCUT2D eigenvalue weighted by atomic mass is 32.2. The quantitative estimate of drug-likeness (QED) is 0.687. The first-order valence-electron chi connectivity index (χ1n) is 5.34. The van der Waals surface area contributed by atoms with E-state index in [1.165, 1.54) is 6.07 Å². The number of thioether (sulfide) groups is 1. The van der Waals surface area contributed by atoms with Gasteiger partial charge < -0.3 is 0 Å². The molecule has 1 aromatic carbocycles. The molecule has 0 aromatic heterocycles. The number of rotatable bonds is 0. The molecule has 0 saturated carbocycles. The van der Waals surface area contributed by atoms with Crippen LogP contribution in [-0.4, -0.2) is 26.1 Å². The topological polar surface area (TPSA) is 92.3 Å². The van der Waals surface area contributed by atoms with Crippen LogP contribution in [0.1, 0.15) is 5.56 Å². The van der Waals surface area contributed by atoms with Gasteiger partial charge in [0.15, 0.2) is 0 Å². The van der Waals surface area contributed by atoms with E-state index in [1.54, 1.807) is 18.2 Å². The normalized spacial score (nSPS) is 25.1. The highest BCUT2D eigenvalue weighted by molar-refractivity contribution is 8.18. The fraction of sp³-hybridized carbons (Fsp3) is 0.0909. The van der Waals surface area contributed by atoms with E-state index in [0.29, 0.717) is 11.1 Å². The molecule has 0 spiro atoms. The summed E-state index contributed by atoms with van der Waals surface area (Å²) in [6, 6.07) is 6.40. The first kappa shape index (κ1) is 12.4. The zero-order valence-corrected chi connectivity index (χ0v) is 11.1. The minimum absolute atomic E-state index is 0.00236. The van der Waals surface area contributed by atoms with Gasteiger partial charge in [0.05, 0.1) is 9.80 Å². The zero-order valence-electron chi connectivity index (χ0n) is 9.47. The molecule has 3 rings (SSSR count). The number of fused-ring (bicyclic) bond motifs is 1. The summed E-state index contributed by atoms with van der Waals surface area (Å²) in [7, 11) is -3.55. The van der Waals surface area contributed by atoms with Crippen molar-refractivity contribution in [1.29, 1.82) is 0 Å². The minimum Gasteiger partial charge on any atom is -0.282 e. The largest absolute Gasteiger partial charge is 0.290 e. The highest BCUT2D eigenvalue weighted by Gasteiger charge is 2.34. The lowest BCUT2D eigenvalue weighted by Crippen LogP contribution is -2.32. The Morgan fingerprint density at radius 1 is 1.16 bits per heavy atom. The number of hydrogen-bond acceptors (Lipinski definition) is 5. The Morgan fingerprint density at radius 3 is 2.58 bits per heavy atom. The summed E-state index contributed by atoms with van der Waals surface area (Å²) in [5, 5.41) is 1.72. The molecule has 2 amide bonds. The molecule has 8 heteroatoms. The third kappa shape index (κ3) is 1.97. The van der Waals surface area contributed by atoms with E-state index in [-0.39, 0.29) is 16.3 Å². The molecule has 0 unspecified atom stereocenters. The summed E-state index contributed by atoms with van der Waals surface area (Å²) in [4.78, 5) is 23.2. The predicted octanol–water partition coefficient (Wildman–Crippen LogP) is 0.673. The van der Waals surface area contributed by atoms with Crippen LogP contribution in [0, 0.1) is 0 Å². The van der Waals surface area contributed by atoms with Crippen LogP contribution >= 0.6 is 11.8 Å². The lowest BCUT2D eigenvalue weighted by molar-refractivity contribution is -0.115. The van der Waals surface area contributed by atoms with Crippen LogP contribution < -0.4 is 10.0 Å². The molecule has 1 fully saturated rings. The molecule has 98 valence electrons. The van der Waals surface area contributed by atoms with Crippen molar-refractivity contribution in [1.82, 2.24) is 10.0 Å². The van der Waals surface area contributed by atoms with Crippen LogP contribution in [0.5, 0.6) is 0 Å². The first-order valence-corrected chi connectivity index (χ1v) is 7.64. The van der Waals surface area contributed by atoms with Gasteiger partial charge in [0.2, 0.25) is 10.0 Å². The summed E-state index contributed by atoms with van der Waals surface area (Å²) < 4.78 is 26.1. The van der Waals surface area contributed by atoms with Crippen LogP contribution in [0.4, 0.5) is 4.79 Å². The van der Waals surface area contributed by atoms with Gasteiger partial charge in [-0.05, 0) is 23.4 Å². The summed E-state index contributed by atoms with van der Waals surface area (Å²) in [6.07, 6.45) is 0. The maximum absolute atomic E-state index is 11.9. The third-order valence-corrected chi connectivity index (χ3v) is 5.21. The van der Waals surface area contributed by atoms with E-state index >= 15 is 0 Å². The van der Waals surface area contributed by atoms with Crippen LogP contribution in [0.25, 0.3) is 5.57 Å². The summed E-state index contributed by atoms with van der Waals surface area (Å²) in [5.41, 5.74) is 0.993. The van der Waals surface area contributed by atoms with Gasteiger partial charge >= 0.3 is 0 Å². The van der Waals surface area contributed by atoms with E-state index in [0.717, 1.165) is 11.8 Å². The molecule has 0 atom stereocenters. The SMILES string of the molecule is O=C1NC(=O)/C(=C2\CNS(=O)(=O)c3ccccc32)S1. The van der Waals surface area contributed by atoms with Crippen molar-refractivity contribution in [2.45, 2.75) is 4.90 Å². The highest BCUT2D eigenvalue weighted by Crippen LogP contribution is 2.36. The van der Waals surface area contributed by atoms with Gasteiger partial charge in [0, 0.05) is 12.1 Å². The molecule has 2 aliphatic heterocycles. The Bertz CT molecular complexity index is 737. The molecule has 1 saturated heterocycles. The monoisotopic (exact) mass is 296 g/mol. The molecular formula is C11H8N2O4S2. The minimum atomic E-state index is -3.55. The number of nitrogens with one attached hydrogen (secondary N) is 2. The number of imide groups is 1. The van der Waals surface area contributed by atoms with Crippen molar-refractivity contribution in [2.24, 2.45) is 0 Å². The second kappa shape index (κ2) is 4.19. The predicted molar refractivity (Wildman–Crippen MR) is 69.7 cm³/mol. The fourth-order valence-electron chi connectivity index (χ4n) is 2.01. The third-order valence-electron chi connectivity index (χ3n) is 2.83. The van der Waals surface area contributed by atoms with Gasteiger partial charge in [0.1, 0.15) is 0 Å². The average Bonchev–Trinajstić information content (AvgIpc) is 2.69. The number of hydrogen-bond donors (Lipinski definition) is 2. The van der Waals surface area contributed by atoms with Crippen LogP contribution in [-0.2, 0) is 14.8 Å². The van der Waals surface area contributed by atoms with Crippen LogP contribution in [0.15, 0.2) is 34.1 Å². The van der Waals surface area contributed by atoms with Crippen molar-refractivity contribution in [2.75, 3.05) is 6.54 Å². The number of carbonyl (C=O) groups excluding carboxylic acids is 2. The summed E-state index contributed by atoms with van der Waals surface area (Å²) in [5.74, 6) is -0.485. The Hall–Kier alpha value is -1.64. The van der Waals surface area contributed by atoms with E-state index in [1.807, 2.05) is 0 Å². The molecule has 0 aliphatic carbocycles. The second-order valence-electron chi connectivity index (χ2n) is 3.97. The van der Waals surface area contributed by atoms with E-state index in [4.69, 9.17) is 0 Å². The van der Waals surface area contributed by atoms with E-state index in [2.05, 4.69) is 10.0 Å². The Morgan fingerprint density at radius 2 is 1.89 bits per heavy atom. The maximum atomic E-state index is 11.9. The van der Waals surface area contributed by atoms with Crippen molar-refractivity contribution in [3.8, 4) is 0 Å². The molecule has 0 radical (unpaired) electrons. The average molecular weight is 296 g/mol. The van der Waals surface area contributed by atoms with Gasteiger partial charge in [-0.1, -0.05) is 18.2 Å². The molecule has 2 N–H and O–H groups in total. The zero-order chi connectivity index (χ0) is 13.6. The molecule has 6 nitrogen and oxygen atoms in total. The maximum Gasteiger partial charge on any atom is 0.290 e. The molecule has 1 aromatic rings. The van der Waals surface area contributed by atoms with Crippen molar-refractivity contribution in [3.63, 3.8) is 0 Å². The van der Waals surface area contributed by atoms with Crippen LogP contribution in [0.3, 0.4) is 0 Å². The van der Waals surface area contributed by atoms with Gasteiger partial charge in [-0.3, -0.25) is 14.9 Å². The Labute approximate surface area is 113 Å². The van der Waals surface area contributed by atoms with Gasteiger partial charge in [0.25, 0.3) is 11.1 Å². The molecule has 0 bridgehead atoms. The van der Waals surface area contributed by atoms with Crippen LogP contribution in [0.2, 0.25) is 0 Å². The number of benzene rings is 1. The lowest BCUT2D eigenvalue weighted by atomic mass is 10.1. The Kier molecular flexibility index (Phi) is 2.73. The molecule has 2 aliphatic rings. The van der Waals surface area contributed by atoms with Crippen molar-refractivity contribution >= 4 is 38.5 Å². The second-order valence-corrected chi connectivity index (χ2v) is 6.69. The first-order chi connectivity index (χ1) is 8.99. The number of sulfonamides is 1. The lowest BCUT2D eigenvalue weighted by Gasteiger charge is -2.20. The molecule has 2 heterocycles. The molecular weight excluding hydrogens is 288 g/mol. The Balaban J connectivity index is 2.25. The summed E-state index contributed by atoms with van der Waals surface area (Å²) in [6.45, 7) is 0.00236. The standard InChI is InChI=1S/C11H8N2O4S2/c14-10-9(18-11(15)13-10)7-5-12-19(16,17)8-4-2-1-3-6(7)8/h1-4,12H,5H2,(H,13,14,15)/b9-7-. The smallest absolute Gasteiger partial charge is 0.282 e. The summed E-state index contributed by atoms with van der Waals surface area (Å²) >= 11 is 0.789. The van der Waals surface area contributed by atoms with Gasteiger partial charge in [-0.25, -0.2) is 13.1 Å². The molecule has 19 heavy (non-hydrogen) atoms.